The van der Waals surface area contributed by atoms with E-state index in [9.17, 15) is 9.18 Å². The molecule has 1 aliphatic carbocycles. The van der Waals surface area contributed by atoms with Crippen LogP contribution in [-0.4, -0.2) is 10.6 Å². The van der Waals surface area contributed by atoms with Crippen LogP contribution in [-0.2, 0) is 11.2 Å². The van der Waals surface area contributed by atoms with Gasteiger partial charge in [0.05, 0.1) is 4.83 Å². The van der Waals surface area contributed by atoms with E-state index < -0.39 is 0 Å². The molecule has 4 heteroatoms. The van der Waals surface area contributed by atoms with Crippen LogP contribution in [0.1, 0.15) is 18.4 Å². The molecule has 1 saturated carbocycles. The van der Waals surface area contributed by atoms with Crippen molar-refractivity contribution < 1.29 is 9.18 Å². The Morgan fingerprint density at radius 3 is 2.81 bits per heavy atom. The largest absolute Gasteiger partial charge is 0.298 e. The standard InChI is InChI=1S/C12H11BrClFO/c13-10(12(16)7-1-2-7)5-8-3-4-9(15)6-11(8)14/h3-4,6-7,10H,1-2,5H2. The number of carbonyl (C=O) groups excluding carboxylic acids is 1. The molecule has 0 N–H and O–H groups in total. The zero-order valence-electron chi connectivity index (χ0n) is 8.55. The van der Waals surface area contributed by atoms with Crippen molar-refractivity contribution in [3.05, 3.63) is 34.6 Å². The van der Waals surface area contributed by atoms with Crippen molar-refractivity contribution >= 4 is 33.3 Å². The van der Waals surface area contributed by atoms with Gasteiger partial charge in [-0.1, -0.05) is 33.6 Å². The number of carbonyl (C=O) groups is 1. The molecule has 1 atom stereocenters. The van der Waals surface area contributed by atoms with E-state index in [2.05, 4.69) is 15.9 Å². The van der Waals surface area contributed by atoms with E-state index in [0.29, 0.717) is 11.4 Å². The van der Waals surface area contributed by atoms with Gasteiger partial charge in [0.15, 0.2) is 0 Å². The molecule has 1 nitrogen and oxygen atoms in total. The zero-order valence-corrected chi connectivity index (χ0v) is 10.9. The van der Waals surface area contributed by atoms with Gasteiger partial charge >= 0.3 is 0 Å². The minimum Gasteiger partial charge on any atom is -0.298 e. The van der Waals surface area contributed by atoms with E-state index in [4.69, 9.17) is 11.6 Å². The number of halogens is 3. The SMILES string of the molecule is O=C(C(Br)Cc1ccc(F)cc1Cl)C1CC1. The number of alkyl halides is 1. The summed E-state index contributed by atoms with van der Waals surface area (Å²) in [6.45, 7) is 0. The smallest absolute Gasteiger partial charge is 0.149 e. The third kappa shape index (κ3) is 2.83. The summed E-state index contributed by atoms with van der Waals surface area (Å²) in [6.07, 6.45) is 2.52. The highest BCUT2D eigenvalue weighted by molar-refractivity contribution is 9.10. The van der Waals surface area contributed by atoms with Gasteiger partial charge in [-0.2, -0.15) is 0 Å². The lowest BCUT2D eigenvalue weighted by Gasteiger charge is -2.09. The summed E-state index contributed by atoms with van der Waals surface area (Å²) in [7, 11) is 0. The Kier molecular flexibility index (Phi) is 3.65. The van der Waals surface area contributed by atoms with Crippen LogP contribution in [0.5, 0.6) is 0 Å². The summed E-state index contributed by atoms with van der Waals surface area (Å²) in [4.78, 5) is 11.5. The van der Waals surface area contributed by atoms with Crippen LogP contribution >= 0.6 is 27.5 Å². The maximum Gasteiger partial charge on any atom is 0.149 e. The molecule has 0 amide bonds. The van der Waals surface area contributed by atoms with Crippen LogP contribution in [0, 0.1) is 11.7 Å². The van der Waals surface area contributed by atoms with Crippen molar-refractivity contribution in [2.75, 3.05) is 0 Å². The van der Waals surface area contributed by atoms with Crippen molar-refractivity contribution in [1.82, 2.24) is 0 Å². The van der Waals surface area contributed by atoms with Crippen LogP contribution in [0.3, 0.4) is 0 Å². The second-order valence-electron chi connectivity index (χ2n) is 4.08. The van der Waals surface area contributed by atoms with Gasteiger partial charge in [0.25, 0.3) is 0 Å². The topological polar surface area (TPSA) is 17.1 Å². The molecule has 1 aromatic rings. The van der Waals surface area contributed by atoms with Crippen molar-refractivity contribution in [3.63, 3.8) is 0 Å². The number of rotatable bonds is 4. The number of ketones is 1. The van der Waals surface area contributed by atoms with Crippen molar-refractivity contribution in [2.24, 2.45) is 5.92 Å². The second-order valence-corrected chi connectivity index (χ2v) is 5.60. The Labute approximate surface area is 107 Å². The van der Waals surface area contributed by atoms with Crippen LogP contribution in [0.15, 0.2) is 18.2 Å². The van der Waals surface area contributed by atoms with Crippen molar-refractivity contribution in [1.29, 1.82) is 0 Å². The quantitative estimate of drug-likeness (QED) is 0.774. The highest BCUT2D eigenvalue weighted by atomic mass is 79.9. The normalized spacial score (nSPS) is 17.2. The minimum absolute atomic E-state index is 0.206. The molecular weight excluding hydrogens is 294 g/mol. The molecule has 0 saturated heterocycles. The number of benzene rings is 1. The first kappa shape index (κ1) is 12.1. The average molecular weight is 306 g/mol. The fraction of sp³-hybridized carbons (Fsp3) is 0.417. The lowest BCUT2D eigenvalue weighted by atomic mass is 10.1. The maximum atomic E-state index is 12.8. The van der Waals surface area contributed by atoms with Crippen LogP contribution in [0.4, 0.5) is 4.39 Å². The molecular formula is C12H11BrClFO. The van der Waals surface area contributed by atoms with Gasteiger partial charge in [0, 0.05) is 10.9 Å². The Hall–Kier alpha value is -0.410. The molecule has 0 radical (unpaired) electrons. The summed E-state index contributed by atoms with van der Waals surface area (Å²) in [5, 5.41) is 0.382. The molecule has 2 rings (SSSR count). The molecule has 86 valence electrons. The Morgan fingerprint density at radius 1 is 1.56 bits per heavy atom. The van der Waals surface area contributed by atoms with Gasteiger partial charge in [-0.05, 0) is 37.0 Å². The molecule has 0 aromatic heterocycles. The van der Waals surface area contributed by atoms with Gasteiger partial charge in [-0.3, -0.25) is 4.79 Å². The first-order valence-corrected chi connectivity index (χ1v) is 6.49. The van der Waals surface area contributed by atoms with Gasteiger partial charge in [-0.25, -0.2) is 4.39 Å². The van der Waals surface area contributed by atoms with E-state index in [1.54, 1.807) is 6.07 Å². The van der Waals surface area contributed by atoms with Gasteiger partial charge < -0.3 is 0 Å². The average Bonchev–Trinajstić information content (AvgIpc) is 3.04. The van der Waals surface area contributed by atoms with Gasteiger partial charge in [-0.15, -0.1) is 0 Å². The zero-order chi connectivity index (χ0) is 11.7. The molecule has 0 aliphatic heterocycles. The van der Waals surface area contributed by atoms with Gasteiger partial charge in [0.2, 0.25) is 0 Å². The molecule has 0 heterocycles. The predicted molar refractivity (Wildman–Crippen MR) is 65.6 cm³/mol. The first-order chi connectivity index (χ1) is 7.58. The van der Waals surface area contributed by atoms with Crippen LogP contribution in [0.2, 0.25) is 5.02 Å². The number of Topliss-reactive ketones (excluding diaryl/α,β-unsaturated/α-hetero) is 1. The number of hydrogen-bond donors (Lipinski definition) is 0. The van der Waals surface area contributed by atoms with Crippen molar-refractivity contribution in [2.45, 2.75) is 24.1 Å². The predicted octanol–water partition coefficient (Wildman–Crippen LogP) is 3.76. The van der Waals surface area contributed by atoms with E-state index >= 15 is 0 Å². The highest BCUT2D eigenvalue weighted by Crippen LogP contribution is 2.33. The summed E-state index contributed by atoms with van der Waals surface area (Å²) < 4.78 is 12.8. The van der Waals surface area contributed by atoms with Crippen LogP contribution < -0.4 is 0 Å². The molecule has 1 unspecified atom stereocenters. The third-order valence-electron chi connectivity index (χ3n) is 2.70. The fourth-order valence-electron chi connectivity index (χ4n) is 1.60. The molecule has 0 bridgehead atoms. The Balaban J connectivity index is 2.05. The van der Waals surface area contributed by atoms with E-state index in [1.807, 2.05) is 0 Å². The van der Waals surface area contributed by atoms with Crippen molar-refractivity contribution in [3.8, 4) is 0 Å². The molecule has 1 aliphatic rings. The maximum absolute atomic E-state index is 12.8. The number of hydrogen-bond acceptors (Lipinski definition) is 1. The summed E-state index contributed by atoms with van der Waals surface area (Å²) >= 11 is 9.27. The Morgan fingerprint density at radius 2 is 2.25 bits per heavy atom. The van der Waals surface area contributed by atoms with E-state index in [1.165, 1.54) is 12.1 Å². The lowest BCUT2D eigenvalue weighted by Crippen LogP contribution is -2.18. The highest BCUT2D eigenvalue weighted by Gasteiger charge is 2.33. The summed E-state index contributed by atoms with van der Waals surface area (Å²) in [5.74, 6) is 0.109. The monoisotopic (exact) mass is 304 g/mol. The van der Waals surface area contributed by atoms with E-state index in [0.717, 1.165) is 18.4 Å². The molecule has 1 aromatic carbocycles. The summed E-state index contributed by atoms with van der Waals surface area (Å²) in [5.41, 5.74) is 0.805. The van der Waals surface area contributed by atoms with Gasteiger partial charge in [0.1, 0.15) is 11.6 Å². The van der Waals surface area contributed by atoms with E-state index in [-0.39, 0.29) is 22.3 Å². The fourth-order valence-corrected chi connectivity index (χ4v) is 2.57. The molecule has 0 spiro atoms. The summed E-state index contributed by atoms with van der Waals surface area (Å²) in [6, 6.07) is 4.27. The third-order valence-corrected chi connectivity index (χ3v) is 3.83. The first-order valence-electron chi connectivity index (χ1n) is 5.19. The van der Waals surface area contributed by atoms with Crippen LogP contribution in [0.25, 0.3) is 0 Å². The Bertz CT molecular complexity index is 417. The minimum atomic E-state index is -0.353. The second kappa shape index (κ2) is 4.84. The lowest BCUT2D eigenvalue weighted by molar-refractivity contribution is -0.119. The molecule has 1 fully saturated rings. The molecule has 16 heavy (non-hydrogen) atoms.